The van der Waals surface area contributed by atoms with Gasteiger partial charge in [-0.25, -0.2) is 0 Å². The third kappa shape index (κ3) is 11.0. The Hall–Kier alpha value is -2.32. The molecular formula is C17H32N6O2. The summed E-state index contributed by atoms with van der Waals surface area (Å²) in [6.07, 6.45) is 1.18. The van der Waals surface area contributed by atoms with Gasteiger partial charge in [0, 0.05) is 12.6 Å². The summed E-state index contributed by atoms with van der Waals surface area (Å²) in [6, 6.07) is 5.61. The summed E-state index contributed by atoms with van der Waals surface area (Å²) in [5.74, 6) is 0.389. The van der Waals surface area contributed by atoms with E-state index < -0.39 is 11.9 Å². The first-order valence-corrected chi connectivity index (χ1v) is 8.22. The van der Waals surface area contributed by atoms with Gasteiger partial charge in [-0.1, -0.05) is 18.2 Å². The fourth-order valence-corrected chi connectivity index (χ4v) is 1.93. The molecule has 0 aliphatic rings. The molecule has 0 aliphatic carbocycles. The van der Waals surface area contributed by atoms with Crippen molar-refractivity contribution in [2.45, 2.75) is 45.7 Å². The summed E-state index contributed by atoms with van der Waals surface area (Å²) in [6.45, 7) is 7.14. The number of amides is 1. The molecule has 25 heavy (non-hydrogen) atoms. The number of guanidine groups is 1. The lowest BCUT2D eigenvalue weighted by Gasteiger charge is -2.13. The zero-order chi connectivity index (χ0) is 19.4. The number of hydrogen-bond donors (Lipinski definition) is 6. The number of rotatable bonds is 8. The quantitative estimate of drug-likeness (QED) is 0.220. The van der Waals surface area contributed by atoms with Crippen molar-refractivity contribution in [1.82, 2.24) is 5.32 Å². The molecule has 0 radical (unpaired) electrons. The van der Waals surface area contributed by atoms with Crippen molar-refractivity contribution >= 4 is 11.9 Å². The fourth-order valence-electron chi connectivity index (χ4n) is 1.93. The average Bonchev–Trinajstić information content (AvgIpc) is 2.51. The van der Waals surface area contributed by atoms with E-state index in [4.69, 9.17) is 33.1 Å². The van der Waals surface area contributed by atoms with E-state index in [1.54, 1.807) is 0 Å². The van der Waals surface area contributed by atoms with E-state index in [1.165, 1.54) is 11.1 Å². The van der Waals surface area contributed by atoms with Gasteiger partial charge in [-0.2, -0.15) is 0 Å². The number of nitrogens with two attached hydrogens (primary N) is 4. The minimum Gasteiger partial charge on any atom is -0.491 e. The first-order valence-electron chi connectivity index (χ1n) is 8.22. The second-order valence-electron chi connectivity index (χ2n) is 6.00. The number of nitrogens with one attached hydrogen (secondary N) is 2. The van der Waals surface area contributed by atoms with Gasteiger partial charge in [-0.05, 0) is 44.7 Å². The first kappa shape index (κ1) is 22.7. The maximum absolute atomic E-state index is 10.4. The maximum atomic E-state index is 10.4. The van der Waals surface area contributed by atoms with Crippen LogP contribution in [-0.4, -0.2) is 37.1 Å². The van der Waals surface area contributed by atoms with Crippen molar-refractivity contribution in [1.29, 1.82) is 5.41 Å². The van der Waals surface area contributed by atoms with Crippen LogP contribution in [0.2, 0.25) is 0 Å². The van der Waals surface area contributed by atoms with Gasteiger partial charge in [0.25, 0.3) is 0 Å². The highest BCUT2D eigenvalue weighted by Crippen LogP contribution is 2.22. The number of aryl methyl sites for hydroxylation is 2. The van der Waals surface area contributed by atoms with Gasteiger partial charge in [0.1, 0.15) is 12.4 Å². The lowest BCUT2D eigenvalue weighted by molar-refractivity contribution is -0.119. The molecule has 0 fully saturated rings. The molecule has 10 N–H and O–H groups in total. The van der Waals surface area contributed by atoms with Crippen LogP contribution >= 0.6 is 0 Å². The van der Waals surface area contributed by atoms with Gasteiger partial charge in [0.2, 0.25) is 5.91 Å². The van der Waals surface area contributed by atoms with Crippen LogP contribution in [0.3, 0.4) is 0 Å². The summed E-state index contributed by atoms with van der Waals surface area (Å²) in [7, 11) is 0. The maximum Gasteiger partial charge on any atom is 0.234 e. The molecule has 0 aromatic heterocycles. The van der Waals surface area contributed by atoms with Gasteiger partial charge in [0.15, 0.2) is 5.96 Å². The van der Waals surface area contributed by atoms with Crippen LogP contribution in [0.1, 0.15) is 30.9 Å². The molecule has 142 valence electrons. The Bertz CT molecular complexity index is 528. The van der Waals surface area contributed by atoms with Crippen LogP contribution in [0, 0.1) is 19.3 Å². The van der Waals surface area contributed by atoms with Crippen molar-refractivity contribution in [2.24, 2.45) is 22.9 Å². The third-order valence-electron chi connectivity index (χ3n) is 3.27. The Balaban J connectivity index is 0.000000463. The zero-order valence-corrected chi connectivity index (χ0v) is 15.3. The van der Waals surface area contributed by atoms with Crippen LogP contribution in [0.25, 0.3) is 0 Å². The number of carbonyl (C=O) groups is 1. The SMILES string of the molecule is Cc1cccc(C)c1OCC(C)N.N=C(N)NCCCC(N)C(N)=O. The molecule has 0 saturated carbocycles. The smallest absolute Gasteiger partial charge is 0.234 e. The summed E-state index contributed by atoms with van der Waals surface area (Å²) < 4.78 is 5.60. The largest absolute Gasteiger partial charge is 0.491 e. The molecule has 0 spiro atoms. The van der Waals surface area contributed by atoms with Crippen molar-refractivity contribution in [3.05, 3.63) is 29.3 Å². The third-order valence-corrected chi connectivity index (χ3v) is 3.27. The molecular weight excluding hydrogens is 320 g/mol. The molecule has 0 saturated heterocycles. The van der Waals surface area contributed by atoms with E-state index in [0.717, 1.165) is 5.75 Å². The Morgan fingerprint density at radius 3 is 2.24 bits per heavy atom. The van der Waals surface area contributed by atoms with Crippen LogP contribution < -0.4 is 33.0 Å². The van der Waals surface area contributed by atoms with Crippen molar-refractivity contribution in [3.63, 3.8) is 0 Å². The summed E-state index contributed by atoms with van der Waals surface area (Å²) >= 11 is 0. The van der Waals surface area contributed by atoms with E-state index >= 15 is 0 Å². The lowest BCUT2D eigenvalue weighted by atomic mass is 10.1. The molecule has 8 nitrogen and oxygen atoms in total. The van der Waals surface area contributed by atoms with E-state index in [-0.39, 0.29) is 12.0 Å². The number of primary amides is 1. The van der Waals surface area contributed by atoms with Crippen molar-refractivity contribution in [3.8, 4) is 5.75 Å². The number of carbonyl (C=O) groups excluding carboxylic acids is 1. The van der Waals surface area contributed by atoms with Crippen molar-refractivity contribution in [2.75, 3.05) is 13.2 Å². The van der Waals surface area contributed by atoms with Crippen LogP contribution in [0.15, 0.2) is 18.2 Å². The number of benzene rings is 1. The number of hydrogen-bond acceptors (Lipinski definition) is 5. The Kier molecular flexibility index (Phi) is 11.0. The van der Waals surface area contributed by atoms with E-state index in [9.17, 15) is 4.79 Å². The van der Waals surface area contributed by atoms with E-state index in [2.05, 4.69) is 5.32 Å². The monoisotopic (exact) mass is 352 g/mol. The molecule has 0 heterocycles. The van der Waals surface area contributed by atoms with Crippen LogP contribution in [0.4, 0.5) is 0 Å². The van der Waals surface area contributed by atoms with Gasteiger partial charge < -0.3 is 33.0 Å². The van der Waals surface area contributed by atoms with Crippen LogP contribution in [0.5, 0.6) is 5.75 Å². The van der Waals surface area contributed by atoms with Gasteiger partial charge >= 0.3 is 0 Å². The standard InChI is InChI=1S/C11H17NO.C6H15N5O/c1-8-5-4-6-9(2)11(8)13-7-10(3)12;7-4(5(8)12)2-1-3-11-6(9)10/h4-6,10H,7,12H2,1-3H3;4H,1-3,7H2,(H2,8,12)(H4,9,10,11). The molecule has 2 unspecified atom stereocenters. The molecule has 1 rings (SSSR count). The predicted molar refractivity (Wildman–Crippen MR) is 101 cm³/mol. The summed E-state index contributed by atoms with van der Waals surface area (Å²) in [4.78, 5) is 10.4. The van der Waals surface area contributed by atoms with Gasteiger partial charge in [-0.3, -0.25) is 10.2 Å². The molecule has 1 aromatic carbocycles. The van der Waals surface area contributed by atoms with E-state index in [1.807, 2.05) is 39.0 Å². The summed E-state index contributed by atoms with van der Waals surface area (Å²) in [5, 5.41) is 9.40. The average molecular weight is 352 g/mol. The molecule has 8 heteroatoms. The fraction of sp³-hybridized carbons (Fsp3) is 0.529. The van der Waals surface area contributed by atoms with Crippen molar-refractivity contribution < 1.29 is 9.53 Å². The molecule has 1 aromatic rings. The van der Waals surface area contributed by atoms with E-state index in [0.29, 0.717) is 26.0 Å². The molecule has 0 bridgehead atoms. The topological polar surface area (TPSA) is 166 Å². The second kappa shape index (κ2) is 12.1. The number of para-hydroxylation sites is 1. The lowest BCUT2D eigenvalue weighted by Crippen LogP contribution is -2.37. The highest BCUT2D eigenvalue weighted by Gasteiger charge is 2.07. The minimum absolute atomic E-state index is 0.0809. The van der Waals surface area contributed by atoms with Gasteiger partial charge in [0.05, 0.1) is 6.04 Å². The molecule has 0 aliphatic heterocycles. The highest BCUT2D eigenvalue weighted by atomic mass is 16.5. The number of ether oxygens (including phenoxy) is 1. The summed E-state index contributed by atoms with van der Waals surface area (Å²) in [5.41, 5.74) is 23.2. The molecule has 2 atom stereocenters. The Morgan fingerprint density at radius 2 is 1.80 bits per heavy atom. The Morgan fingerprint density at radius 1 is 1.24 bits per heavy atom. The zero-order valence-electron chi connectivity index (χ0n) is 15.3. The van der Waals surface area contributed by atoms with Gasteiger partial charge in [-0.15, -0.1) is 0 Å². The second-order valence-corrected chi connectivity index (χ2v) is 6.00. The first-order chi connectivity index (χ1) is 11.6. The molecule has 1 amide bonds. The highest BCUT2D eigenvalue weighted by molar-refractivity contribution is 5.79. The predicted octanol–water partition coefficient (Wildman–Crippen LogP) is 0.0917. The Labute approximate surface area is 149 Å². The normalized spacial score (nSPS) is 12.4. The minimum atomic E-state index is -0.598. The van der Waals surface area contributed by atoms with Crippen LogP contribution in [-0.2, 0) is 4.79 Å².